The number of ether oxygens (including phenoxy) is 2. The molecule has 0 radical (unpaired) electrons. The minimum absolute atomic E-state index is 0.104. The quantitative estimate of drug-likeness (QED) is 0.447. The third-order valence-corrected chi connectivity index (χ3v) is 6.72. The lowest BCUT2D eigenvalue weighted by Crippen LogP contribution is -2.55. The molecule has 1 N–H and O–H groups in total. The van der Waals surface area contributed by atoms with Crippen molar-refractivity contribution in [3.63, 3.8) is 0 Å². The second-order valence-corrected chi connectivity index (χ2v) is 8.82. The Hall–Kier alpha value is -3.38. The molecule has 10 nitrogen and oxygen atoms in total. The van der Waals surface area contributed by atoms with Crippen LogP contribution in [0.5, 0.6) is 5.88 Å². The van der Waals surface area contributed by atoms with Gasteiger partial charge in [0.1, 0.15) is 23.9 Å². The lowest BCUT2D eigenvalue weighted by atomic mass is 10.0. The molecule has 2 atom stereocenters. The molecule has 2 saturated heterocycles. The Labute approximate surface area is 200 Å². The Kier molecular flexibility index (Phi) is 5.39. The first kappa shape index (κ1) is 20.9. The Morgan fingerprint density at radius 1 is 1.34 bits per heavy atom. The molecule has 12 heteroatoms. The molecule has 0 aliphatic carbocycles. The molecule has 2 aliphatic heterocycles. The number of hydrogen-bond acceptors (Lipinski definition) is 7. The van der Waals surface area contributed by atoms with Crippen LogP contribution in [0, 0.1) is 0 Å². The van der Waals surface area contributed by atoms with Crippen LogP contribution in [0.1, 0.15) is 7.79 Å². The summed E-state index contributed by atoms with van der Waals surface area (Å²) in [4.78, 5) is 11.2. The lowest BCUT2D eigenvalue weighted by molar-refractivity contribution is -0.0803. The second-order valence-electron chi connectivity index (χ2n) is 8.82. The fourth-order valence-corrected chi connectivity index (χ4v) is 4.74. The number of H-pyrrole nitrogens is 1. The molecule has 0 spiro atoms. The molecule has 2 fully saturated rings. The Bertz CT molecular complexity index is 1480. The Balaban J connectivity index is 1.38. The first-order valence-electron chi connectivity index (χ1n) is 12.1. The minimum atomic E-state index is -1.12. The summed E-state index contributed by atoms with van der Waals surface area (Å²) in [5.74, 6) is 0.260. The summed E-state index contributed by atoms with van der Waals surface area (Å²) in [5, 5.41) is 11.1. The van der Waals surface area contributed by atoms with Gasteiger partial charge in [0.15, 0.2) is 0 Å². The number of methoxy groups -OCH3 is 1. The third kappa shape index (κ3) is 3.96. The van der Waals surface area contributed by atoms with Gasteiger partial charge >= 0.3 is 0 Å². The lowest BCUT2D eigenvalue weighted by Gasteiger charge is -2.41. The van der Waals surface area contributed by atoms with Gasteiger partial charge in [-0.1, -0.05) is 11.3 Å². The maximum atomic E-state index is 15.0. The average Bonchev–Trinajstić information content (AvgIpc) is 3.40. The number of fused-ring (bicyclic) bond motifs is 2. The van der Waals surface area contributed by atoms with Crippen LogP contribution in [0.2, 0.25) is 0 Å². The second kappa shape index (κ2) is 9.00. The van der Waals surface area contributed by atoms with Crippen molar-refractivity contribution in [2.24, 2.45) is 4.99 Å². The third-order valence-electron chi connectivity index (χ3n) is 6.72. The molecule has 184 valence electrons. The van der Waals surface area contributed by atoms with Gasteiger partial charge in [-0.3, -0.25) is 14.5 Å². The van der Waals surface area contributed by atoms with E-state index in [1.807, 2.05) is 12.1 Å². The van der Waals surface area contributed by atoms with E-state index in [4.69, 9.17) is 10.8 Å². The van der Waals surface area contributed by atoms with Crippen molar-refractivity contribution >= 4 is 16.6 Å². The summed E-state index contributed by atoms with van der Waals surface area (Å²) >= 11 is 0. The van der Waals surface area contributed by atoms with Crippen molar-refractivity contribution in [3.05, 3.63) is 36.1 Å². The number of nitrogens with one attached hydrogen (secondary N) is 1. The fraction of sp³-hybridized carbons (Fsp3) is 0.478. The number of aryl methyl sites for hydroxylation is 1. The topological polar surface area (TPSA) is 97.9 Å². The van der Waals surface area contributed by atoms with Crippen LogP contribution in [-0.2, 0) is 11.3 Å². The number of halogens is 2. The van der Waals surface area contributed by atoms with Crippen molar-refractivity contribution in [1.29, 1.82) is 0 Å². The highest BCUT2D eigenvalue weighted by atomic mass is 19.1. The van der Waals surface area contributed by atoms with Gasteiger partial charge in [-0.2, -0.15) is 4.98 Å². The Morgan fingerprint density at radius 2 is 2.23 bits per heavy atom. The van der Waals surface area contributed by atoms with Gasteiger partial charge in [0.25, 0.3) is 0 Å². The number of alkyl halides is 2. The van der Waals surface area contributed by atoms with Crippen LogP contribution in [-0.4, -0.2) is 92.8 Å². The summed E-state index contributed by atoms with van der Waals surface area (Å²) in [6.07, 6.45) is -0.399. The van der Waals surface area contributed by atoms with E-state index in [0.717, 1.165) is 12.1 Å². The number of benzene rings is 1. The zero-order chi connectivity index (χ0) is 24.8. The molecular weight excluding hydrogens is 458 g/mol. The largest absolute Gasteiger partial charge is 0.479 e. The minimum Gasteiger partial charge on any atom is -0.479 e. The number of piperidine rings is 1. The van der Waals surface area contributed by atoms with Gasteiger partial charge in [0, 0.05) is 24.8 Å². The van der Waals surface area contributed by atoms with Crippen LogP contribution in [0.3, 0.4) is 0 Å². The summed E-state index contributed by atoms with van der Waals surface area (Å²) in [7, 11) is 1.49. The standard InChI is InChI=1S/C23H26F2N8O2/c1-34-22-21-16(14-2-3-19-20(10-14)32(9-6-24)30-28-19)4-8-33(21)29-23(27-22)26-18-5-7-31(11-17(18)25)15-12-35-13-15/h2-4,8,10,15,17-18H,5-7,9,11-13H2,1H3,(H,26,29)/t17-,18-/m0/s1/i8D. The molecule has 0 amide bonds. The van der Waals surface area contributed by atoms with E-state index in [0.29, 0.717) is 54.3 Å². The molecule has 2 aliphatic rings. The van der Waals surface area contributed by atoms with Crippen LogP contribution < -0.4 is 10.4 Å². The van der Waals surface area contributed by atoms with E-state index < -0.39 is 18.9 Å². The number of aromatic nitrogens is 6. The van der Waals surface area contributed by atoms with E-state index >= 15 is 0 Å². The summed E-state index contributed by atoms with van der Waals surface area (Å²) in [6, 6.07) is 6.95. The molecule has 0 saturated carbocycles. The predicted octanol–water partition coefficient (Wildman–Crippen LogP) is 1.76. The molecular formula is C23H26F2N8O2. The van der Waals surface area contributed by atoms with E-state index in [9.17, 15) is 8.78 Å². The number of likely N-dealkylation sites (tertiary alicyclic amines) is 1. The average molecular weight is 486 g/mol. The van der Waals surface area contributed by atoms with E-state index in [1.165, 1.54) is 16.3 Å². The summed E-state index contributed by atoms with van der Waals surface area (Å²) < 4.78 is 50.3. The van der Waals surface area contributed by atoms with E-state index in [2.05, 4.69) is 30.3 Å². The summed E-state index contributed by atoms with van der Waals surface area (Å²) in [6.45, 7) is 1.92. The van der Waals surface area contributed by atoms with Crippen LogP contribution in [0.4, 0.5) is 8.78 Å². The van der Waals surface area contributed by atoms with Crippen LogP contribution in [0.25, 0.3) is 27.7 Å². The zero-order valence-corrected chi connectivity index (χ0v) is 19.2. The zero-order valence-electron chi connectivity index (χ0n) is 20.2. The molecule has 35 heavy (non-hydrogen) atoms. The molecule has 4 aromatic rings. The monoisotopic (exact) mass is 485 g/mol. The summed E-state index contributed by atoms with van der Waals surface area (Å²) in [5.41, 5.74) is 3.55. The van der Waals surface area contributed by atoms with Gasteiger partial charge in [-0.05, 0) is 30.2 Å². The van der Waals surface area contributed by atoms with Gasteiger partial charge in [-0.25, -0.2) is 18.5 Å². The fourth-order valence-electron chi connectivity index (χ4n) is 4.74. The SMILES string of the molecule is [2H]c1cc(-c2ccc3nnn(CCF)c3c2)c2c(OC)nc(=N[C@H]3CCN(C4COC4)C[C@@H]3F)[nH]n12. The van der Waals surface area contributed by atoms with Crippen molar-refractivity contribution in [1.82, 2.24) is 34.5 Å². The molecule has 5 heterocycles. The maximum Gasteiger partial charge on any atom is 0.243 e. The van der Waals surface area contributed by atoms with Crippen molar-refractivity contribution < 1.29 is 19.6 Å². The van der Waals surface area contributed by atoms with Crippen LogP contribution in [0.15, 0.2) is 35.4 Å². The highest BCUT2D eigenvalue weighted by Gasteiger charge is 2.35. The normalized spacial score (nSPS) is 22.6. The van der Waals surface area contributed by atoms with Gasteiger partial charge in [-0.15, -0.1) is 5.10 Å². The number of hydrogen-bond donors (Lipinski definition) is 1. The van der Waals surface area contributed by atoms with Crippen molar-refractivity contribution in [2.45, 2.75) is 31.2 Å². The number of aromatic amines is 1. The first-order valence-corrected chi connectivity index (χ1v) is 11.6. The molecule has 6 rings (SSSR count). The highest BCUT2D eigenvalue weighted by molar-refractivity contribution is 5.89. The predicted molar refractivity (Wildman–Crippen MR) is 124 cm³/mol. The van der Waals surface area contributed by atoms with Gasteiger partial charge in [0.05, 0.1) is 45.8 Å². The molecule has 0 unspecified atom stereocenters. The van der Waals surface area contributed by atoms with E-state index in [1.54, 1.807) is 12.1 Å². The van der Waals surface area contributed by atoms with Crippen molar-refractivity contribution in [3.8, 4) is 17.0 Å². The first-order chi connectivity index (χ1) is 17.6. The van der Waals surface area contributed by atoms with Gasteiger partial charge in [0.2, 0.25) is 11.5 Å². The van der Waals surface area contributed by atoms with E-state index in [-0.39, 0.29) is 24.2 Å². The number of rotatable bonds is 6. The van der Waals surface area contributed by atoms with Gasteiger partial charge < -0.3 is 9.47 Å². The number of nitrogens with zero attached hydrogens (tertiary/aromatic N) is 7. The molecule has 0 bridgehead atoms. The smallest absolute Gasteiger partial charge is 0.243 e. The molecule has 3 aromatic heterocycles. The molecule has 1 aromatic carbocycles. The Morgan fingerprint density at radius 3 is 2.97 bits per heavy atom. The highest BCUT2D eigenvalue weighted by Crippen LogP contribution is 2.31. The maximum absolute atomic E-state index is 15.0. The van der Waals surface area contributed by atoms with Crippen LogP contribution >= 0.6 is 0 Å². The van der Waals surface area contributed by atoms with Crippen molar-refractivity contribution in [2.75, 3.05) is 40.1 Å².